The molecule has 176 valence electrons. The van der Waals surface area contributed by atoms with Crippen LogP contribution in [0, 0.1) is 11.8 Å². The van der Waals surface area contributed by atoms with Gasteiger partial charge in [0.05, 0.1) is 11.7 Å². The van der Waals surface area contributed by atoms with Crippen molar-refractivity contribution in [2.24, 2.45) is 16.8 Å². The maximum Gasteiger partial charge on any atom is 0.248 e. The molecule has 0 amide bonds. The van der Waals surface area contributed by atoms with Gasteiger partial charge in [-0.05, 0) is 57.1 Å². The van der Waals surface area contributed by atoms with Crippen LogP contribution in [0.4, 0.5) is 20.5 Å². The van der Waals surface area contributed by atoms with E-state index in [1.807, 2.05) is 36.8 Å². The smallest absolute Gasteiger partial charge is 0.248 e. The molecule has 0 spiro atoms. The Hall–Kier alpha value is -3.16. The van der Waals surface area contributed by atoms with E-state index >= 15 is 0 Å². The molecule has 8 heteroatoms. The summed E-state index contributed by atoms with van der Waals surface area (Å²) in [7, 11) is 0. The molecule has 1 fully saturated rings. The van der Waals surface area contributed by atoms with E-state index < -0.39 is 11.3 Å². The van der Waals surface area contributed by atoms with E-state index in [4.69, 9.17) is 0 Å². The van der Waals surface area contributed by atoms with Crippen molar-refractivity contribution in [3.63, 3.8) is 0 Å². The highest BCUT2D eigenvalue weighted by atomic mass is 19.3. The molecular formula is C26H28F2N6. The van der Waals surface area contributed by atoms with Gasteiger partial charge in [0, 0.05) is 59.6 Å². The Morgan fingerprint density at radius 2 is 2.06 bits per heavy atom. The van der Waals surface area contributed by atoms with Crippen LogP contribution in [0.15, 0.2) is 47.9 Å². The van der Waals surface area contributed by atoms with E-state index in [0.717, 1.165) is 34.5 Å². The highest BCUT2D eigenvalue weighted by Gasteiger charge is 2.56. The van der Waals surface area contributed by atoms with E-state index in [0.29, 0.717) is 17.7 Å². The number of nitrogens with zero attached hydrogens (tertiary/aromatic N) is 5. The van der Waals surface area contributed by atoms with E-state index in [1.165, 1.54) is 19.3 Å². The second-order valence-corrected chi connectivity index (χ2v) is 10.1. The number of aliphatic imine (C=N–C) groups is 1. The van der Waals surface area contributed by atoms with Crippen molar-refractivity contribution >= 4 is 23.0 Å². The molecule has 3 aromatic rings. The number of hydrogen-bond donors (Lipinski definition) is 1. The van der Waals surface area contributed by atoms with Crippen LogP contribution in [-0.4, -0.2) is 37.8 Å². The first kappa shape index (κ1) is 21.4. The molecule has 3 aliphatic rings. The lowest BCUT2D eigenvalue weighted by Crippen LogP contribution is -2.49. The van der Waals surface area contributed by atoms with Gasteiger partial charge in [-0.2, -0.15) is 0 Å². The van der Waals surface area contributed by atoms with Crippen molar-refractivity contribution in [2.45, 2.75) is 57.3 Å². The number of alkyl halides is 2. The zero-order chi connectivity index (χ0) is 23.5. The Labute approximate surface area is 197 Å². The minimum absolute atomic E-state index is 0.102. The van der Waals surface area contributed by atoms with Gasteiger partial charge < -0.3 is 5.32 Å². The lowest BCUT2D eigenvalue weighted by atomic mass is 9.60. The van der Waals surface area contributed by atoms with Crippen LogP contribution in [0.5, 0.6) is 0 Å². The molecule has 34 heavy (non-hydrogen) atoms. The number of hydrogen-bond acceptors (Lipinski definition) is 5. The van der Waals surface area contributed by atoms with Crippen molar-refractivity contribution < 1.29 is 8.78 Å². The molecule has 6 rings (SSSR count). The number of halogens is 2. The van der Waals surface area contributed by atoms with Gasteiger partial charge in [0.1, 0.15) is 0 Å². The summed E-state index contributed by atoms with van der Waals surface area (Å²) in [6.07, 6.45) is 13.4. The van der Waals surface area contributed by atoms with E-state index in [9.17, 15) is 8.78 Å². The fraction of sp³-hybridized carbons (Fsp3) is 0.462. The van der Waals surface area contributed by atoms with Crippen LogP contribution in [0.2, 0.25) is 0 Å². The highest BCUT2D eigenvalue weighted by Crippen LogP contribution is 2.56. The Balaban J connectivity index is 1.28. The minimum atomic E-state index is -2.57. The Kier molecular flexibility index (Phi) is 4.83. The summed E-state index contributed by atoms with van der Waals surface area (Å²) in [5.74, 6) is -0.950. The zero-order valence-corrected chi connectivity index (χ0v) is 19.4. The van der Waals surface area contributed by atoms with Crippen LogP contribution in [0.1, 0.15) is 51.5 Å². The maximum atomic E-state index is 13.7. The monoisotopic (exact) mass is 462 g/mol. The van der Waals surface area contributed by atoms with Crippen LogP contribution < -0.4 is 5.32 Å². The topological polar surface area (TPSA) is 67.5 Å². The predicted octanol–water partition coefficient (Wildman–Crippen LogP) is 5.97. The molecule has 0 aromatic carbocycles. The number of nitrogens with one attached hydrogen (secondary N) is 1. The van der Waals surface area contributed by atoms with E-state index in [2.05, 4.69) is 43.6 Å². The lowest BCUT2D eigenvalue weighted by Gasteiger charge is -2.45. The normalized spacial score (nSPS) is 25.8. The molecule has 0 radical (unpaired) electrons. The van der Waals surface area contributed by atoms with Gasteiger partial charge in [-0.3, -0.25) is 0 Å². The molecule has 1 aliphatic heterocycles. The molecule has 2 aliphatic carbocycles. The van der Waals surface area contributed by atoms with Crippen LogP contribution >= 0.6 is 0 Å². The number of allylic oxidation sites excluding steroid dienone is 1. The molecule has 6 nitrogen and oxygen atoms in total. The van der Waals surface area contributed by atoms with Crippen molar-refractivity contribution in [1.82, 2.24) is 19.6 Å². The average molecular weight is 463 g/mol. The Morgan fingerprint density at radius 3 is 2.82 bits per heavy atom. The predicted molar refractivity (Wildman–Crippen MR) is 129 cm³/mol. The first-order valence-corrected chi connectivity index (χ1v) is 12.0. The summed E-state index contributed by atoms with van der Waals surface area (Å²) in [6, 6.07) is 4.06. The summed E-state index contributed by atoms with van der Waals surface area (Å²) >= 11 is 0. The van der Waals surface area contributed by atoms with Crippen molar-refractivity contribution in [2.75, 3.05) is 11.9 Å². The standard InChI is InChI=1S/C26H28F2N6/c1-16-25(2,19-11-26(27,28)12-19)21-10-18(14-29-23(21)32-16)20-8-9-34-22(20)15-31-24(33-34)30-13-17-6-4-3-5-7-17/h4,6,8-10,14-15,17,19H,3,5,7,11-13H2,1-2H3,(H,30,33). The molecule has 3 aromatic heterocycles. The van der Waals surface area contributed by atoms with Gasteiger partial charge in [-0.25, -0.2) is 28.3 Å². The second kappa shape index (κ2) is 7.68. The van der Waals surface area contributed by atoms with Crippen molar-refractivity contribution in [3.05, 3.63) is 48.4 Å². The molecular weight excluding hydrogens is 434 g/mol. The first-order chi connectivity index (χ1) is 16.3. The van der Waals surface area contributed by atoms with Gasteiger partial charge in [0.15, 0.2) is 5.82 Å². The van der Waals surface area contributed by atoms with Crippen LogP contribution in [0.3, 0.4) is 0 Å². The van der Waals surface area contributed by atoms with Crippen LogP contribution in [0.25, 0.3) is 16.6 Å². The van der Waals surface area contributed by atoms with E-state index in [-0.39, 0.29) is 18.8 Å². The van der Waals surface area contributed by atoms with Crippen LogP contribution in [-0.2, 0) is 5.41 Å². The van der Waals surface area contributed by atoms with Crippen molar-refractivity contribution in [1.29, 1.82) is 0 Å². The molecule has 1 saturated carbocycles. The SMILES string of the molecule is CC1=Nc2ncc(-c3ccn4nc(NCC5C=CCCC5)ncc34)cc2C1(C)C1CC(F)(F)C1. The summed E-state index contributed by atoms with van der Waals surface area (Å²) < 4.78 is 29.2. The summed E-state index contributed by atoms with van der Waals surface area (Å²) in [4.78, 5) is 13.8. The fourth-order valence-corrected chi connectivity index (χ4v) is 5.63. The largest absolute Gasteiger partial charge is 0.352 e. The molecule has 1 N–H and O–H groups in total. The van der Waals surface area contributed by atoms with Gasteiger partial charge >= 0.3 is 0 Å². The van der Waals surface area contributed by atoms with Gasteiger partial charge in [-0.1, -0.05) is 12.2 Å². The Morgan fingerprint density at radius 1 is 1.21 bits per heavy atom. The zero-order valence-electron chi connectivity index (χ0n) is 19.4. The summed E-state index contributed by atoms with van der Waals surface area (Å²) in [5.41, 5.74) is 4.03. The molecule has 0 saturated heterocycles. The third-order valence-corrected chi connectivity index (χ3v) is 7.96. The number of rotatable bonds is 5. The maximum absolute atomic E-state index is 13.7. The van der Waals surface area contributed by atoms with Crippen molar-refractivity contribution in [3.8, 4) is 11.1 Å². The second-order valence-electron chi connectivity index (χ2n) is 10.1. The quantitative estimate of drug-likeness (QED) is 0.475. The summed E-state index contributed by atoms with van der Waals surface area (Å²) in [6.45, 7) is 4.78. The number of aromatic nitrogens is 4. The van der Waals surface area contributed by atoms with Gasteiger partial charge in [-0.15, -0.1) is 5.10 Å². The van der Waals surface area contributed by atoms with E-state index in [1.54, 1.807) is 6.20 Å². The molecule has 0 bridgehead atoms. The molecule has 2 atom stereocenters. The number of pyridine rings is 1. The molecule has 4 heterocycles. The fourth-order valence-electron chi connectivity index (χ4n) is 5.63. The summed E-state index contributed by atoms with van der Waals surface area (Å²) in [5, 5.41) is 7.98. The third kappa shape index (κ3) is 3.42. The minimum Gasteiger partial charge on any atom is -0.352 e. The molecule has 2 unspecified atom stereocenters. The first-order valence-electron chi connectivity index (χ1n) is 12.0. The average Bonchev–Trinajstić information content (AvgIpc) is 3.35. The van der Waals surface area contributed by atoms with Gasteiger partial charge in [0.25, 0.3) is 0 Å². The third-order valence-electron chi connectivity index (χ3n) is 7.96. The number of fused-ring (bicyclic) bond motifs is 2. The Bertz CT molecular complexity index is 1320. The number of anilines is 1. The highest BCUT2D eigenvalue weighted by molar-refractivity contribution is 6.00. The van der Waals surface area contributed by atoms with Gasteiger partial charge in [0.2, 0.25) is 11.9 Å². The lowest BCUT2D eigenvalue weighted by molar-refractivity contribution is -0.122.